The third-order valence-electron chi connectivity index (χ3n) is 3.64. The fraction of sp³-hybridized carbons (Fsp3) is 0.562. The summed E-state index contributed by atoms with van der Waals surface area (Å²) >= 11 is 0. The number of carbonyl (C=O) groups excluding carboxylic acids is 1. The predicted octanol–water partition coefficient (Wildman–Crippen LogP) is 2.20. The molecule has 1 atom stereocenters. The van der Waals surface area contributed by atoms with Gasteiger partial charge in [-0.1, -0.05) is 18.2 Å². The number of para-hydroxylation sites is 1. The highest BCUT2D eigenvalue weighted by Gasteiger charge is 2.21. The molecule has 0 bridgehead atoms. The SMILES string of the molecule is CN(CCCNC(=O)[C@@H]1CCCCO1)c1ccccc1. The van der Waals surface area contributed by atoms with Crippen molar-refractivity contribution in [3.05, 3.63) is 30.3 Å². The lowest BCUT2D eigenvalue weighted by Crippen LogP contribution is -2.39. The van der Waals surface area contributed by atoms with Gasteiger partial charge in [0.25, 0.3) is 0 Å². The van der Waals surface area contributed by atoms with E-state index in [0.29, 0.717) is 6.54 Å². The second-order valence-electron chi connectivity index (χ2n) is 5.26. The molecule has 4 nitrogen and oxygen atoms in total. The Labute approximate surface area is 121 Å². The topological polar surface area (TPSA) is 41.6 Å². The lowest BCUT2D eigenvalue weighted by Gasteiger charge is -2.22. The van der Waals surface area contributed by atoms with Crippen LogP contribution in [0.3, 0.4) is 0 Å². The first-order chi connectivity index (χ1) is 9.77. The van der Waals surface area contributed by atoms with Crippen LogP contribution in [0.25, 0.3) is 0 Å². The number of hydrogen-bond donors (Lipinski definition) is 1. The molecule has 1 heterocycles. The molecule has 1 aromatic carbocycles. The molecule has 0 aliphatic carbocycles. The van der Waals surface area contributed by atoms with Crippen LogP contribution in [0.1, 0.15) is 25.7 Å². The number of nitrogens with one attached hydrogen (secondary N) is 1. The van der Waals surface area contributed by atoms with Gasteiger partial charge in [-0.2, -0.15) is 0 Å². The van der Waals surface area contributed by atoms with E-state index in [1.54, 1.807) is 0 Å². The standard InChI is InChI=1S/C16H24N2O2/c1-18(14-8-3-2-4-9-14)12-7-11-17-16(19)15-10-5-6-13-20-15/h2-4,8-9,15H,5-7,10-13H2,1H3,(H,17,19)/t15-/m0/s1. The molecule has 2 rings (SSSR count). The smallest absolute Gasteiger partial charge is 0.249 e. The van der Waals surface area contributed by atoms with Gasteiger partial charge in [-0.3, -0.25) is 4.79 Å². The molecule has 0 spiro atoms. The highest BCUT2D eigenvalue weighted by atomic mass is 16.5. The van der Waals surface area contributed by atoms with Crippen LogP contribution in [-0.4, -0.2) is 38.8 Å². The van der Waals surface area contributed by atoms with Crippen LogP contribution in [-0.2, 0) is 9.53 Å². The second-order valence-corrected chi connectivity index (χ2v) is 5.26. The average Bonchev–Trinajstić information content (AvgIpc) is 2.53. The molecule has 1 aliphatic rings. The molecule has 4 heteroatoms. The molecular formula is C16H24N2O2. The van der Waals surface area contributed by atoms with Crippen LogP contribution in [0.2, 0.25) is 0 Å². The van der Waals surface area contributed by atoms with E-state index >= 15 is 0 Å². The monoisotopic (exact) mass is 276 g/mol. The van der Waals surface area contributed by atoms with E-state index in [1.165, 1.54) is 5.69 Å². The molecule has 1 aromatic rings. The maximum Gasteiger partial charge on any atom is 0.249 e. The van der Waals surface area contributed by atoms with Crippen LogP contribution < -0.4 is 10.2 Å². The number of rotatable bonds is 6. The van der Waals surface area contributed by atoms with Crippen molar-refractivity contribution in [1.29, 1.82) is 0 Å². The number of anilines is 1. The summed E-state index contributed by atoms with van der Waals surface area (Å²) in [5.41, 5.74) is 1.20. The first kappa shape index (κ1) is 14.9. The number of hydrogen-bond acceptors (Lipinski definition) is 3. The van der Waals surface area contributed by atoms with E-state index in [9.17, 15) is 4.79 Å². The minimum Gasteiger partial charge on any atom is -0.375 e. The molecule has 1 saturated heterocycles. The molecule has 20 heavy (non-hydrogen) atoms. The quantitative estimate of drug-likeness (QED) is 0.810. The van der Waals surface area contributed by atoms with Gasteiger partial charge < -0.3 is 15.0 Å². The summed E-state index contributed by atoms with van der Waals surface area (Å²) in [6.07, 6.45) is 3.73. The van der Waals surface area contributed by atoms with Crippen LogP contribution in [0.5, 0.6) is 0 Å². The van der Waals surface area contributed by atoms with Gasteiger partial charge in [0.05, 0.1) is 0 Å². The highest BCUT2D eigenvalue weighted by molar-refractivity contribution is 5.80. The number of nitrogens with zero attached hydrogens (tertiary/aromatic N) is 1. The maximum absolute atomic E-state index is 11.9. The van der Waals surface area contributed by atoms with Crippen molar-refractivity contribution >= 4 is 11.6 Å². The molecule has 0 aromatic heterocycles. The van der Waals surface area contributed by atoms with E-state index < -0.39 is 0 Å². The zero-order chi connectivity index (χ0) is 14.2. The normalized spacial score (nSPS) is 18.6. The van der Waals surface area contributed by atoms with Gasteiger partial charge in [-0.05, 0) is 37.8 Å². The molecule has 1 aliphatic heterocycles. The molecule has 0 saturated carbocycles. The number of benzene rings is 1. The summed E-state index contributed by atoms with van der Waals surface area (Å²) in [7, 11) is 2.07. The fourth-order valence-corrected chi connectivity index (χ4v) is 2.40. The lowest BCUT2D eigenvalue weighted by molar-refractivity contribution is -0.135. The number of ether oxygens (including phenoxy) is 1. The molecule has 0 radical (unpaired) electrons. The summed E-state index contributed by atoms with van der Waals surface area (Å²) in [5, 5.41) is 2.97. The van der Waals surface area contributed by atoms with Crippen LogP contribution >= 0.6 is 0 Å². The van der Waals surface area contributed by atoms with E-state index in [4.69, 9.17) is 4.74 Å². The van der Waals surface area contributed by atoms with Gasteiger partial charge in [0.1, 0.15) is 6.10 Å². The fourth-order valence-electron chi connectivity index (χ4n) is 2.40. The van der Waals surface area contributed by atoms with Crippen molar-refractivity contribution in [3.63, 3.8) is 0 Å². The Bertz CT molecular complexity index is 402. The zero-order valence-corrected chi connectivity index (χ0v) is 12.2. The third-order valence-corrected chi connectivity index (χ3v) is 3.64. The first-order valence-electron chi connectivity index (χ1n) is 7.43. The summed E-state index contributed by atoms with van der Waals surface area (Å²) in [6, 6.07) is 10.3. The van der Waals surface area contributed by atoms with Crippen molar-refractivity contribution in [2.75, 3.05) is 31.6 Å². The van der Waals surface area contributed by atoms with Gasteiger partial charge >= 0.3 is 0 Å². The van der Waals surface area contributed by atoms with Gasteiger partial charge in [0.2, 0.25) is 5.91 Å². The Morgan fingerprint density at radius 3 is 2.85 bits per heavy atom. The van der Waals surface area contributed by atoms with Gasteiger partial charge in [0.15, 0.2) is 0 Å². The van der Waals surface area contributed by atoms with Crippen LogP contribution in [0.15, 0.2) is 30.3 Å². The minimum absolute atomic E-state index is 0.0482. The summed E-state index contributed by atoms with van der Waals surface area (Å²) in [5.74, 6) is 0.0482. The molecule has 110 valence electrons. The van der Waals surface area contributed by atoms with E-state index in [1.807, 2.05) is 18.2 Å². The first-order valence-corrected chi connectivity index (χ1v) is 7.43. The molecule has 1 N–H and O–H groups in total. The second kappa shape index (κ2) is 7.90. The van der Waals surface area contributed by atoms with Crippen molar-refractivity contribution in [3.8, 4) is 0 Å². The zero-order valence-electron chi connectivity index (χ0n) is 12.2. The van der Waals surface area contributed by atoms with Crippen molar-refractivity contribution in [2.45, 2.75) is 31.8 Å². The Morgan fingerprint density at radius 1 is 1.35 bits per heavy atom. The minimum atomic E-state index is -0.226. The summed E-state index contributed by atoms with van der Waals surface area (Å²) in [6.45, 7) is 2.35. The van der Waals surface area contributed by atoms with Gasteiger partial charge in [-0.15, -0.1) is 0 Å². The molecular weight excluding hydrogens is 252 g/mol. The molecule has 0 unspecified atom stereocenters. The summed E-state index contributed by atoms with van der Waals surface area (Å²) < 4.78 is 5.46. The Hall–Kier alpha value is -1.55. The Kier molecular flexibility index (Phi) is 5.87. The number of amides is 1. The van der Waals surface area contributed by atoms with E-state index in [2.05, 4.69) is 29.4 Å². The van der Waals surface area contributed by atoms with Gasteiger partial charge in [-0.25, -0.2) is 0 Å². The highest BCUT2D eigenvalue weighted by Crippen LogP contribution is 2.13. The third kappa shape index (κ3) is 4.53. The lowest BCUT2D eigenvalue weighted by atomic mass is 10.1. The van der Waals surface area contributed by atoms with E-state index in [0.717, 1.165) is 38.8 Å². The largest absolute Gasteiger partial charge is 0.375 e. The Balaban J connectivity index is 1.62. The molecule has 1 fully saturated rings. The predicted molar refractivity (Wildman–Crippen MR) is 80.9 cm³/mol. The maximum atomic E-state index is 11.9. The van der Waals surface area contributed by atoms with Crippen LogP contribution in [0.4, 0.5) is 5.69 Å². The summed E-state index contributed by atoms with van der Waals surface area (Å²) in [4.78, 5) is 14.1. The van der Waals surface area contributed by atoms with Crippen molar-refractivity contribution < 1.29 is 9.53 Å². The van der Waals surface area contributed by atoms with E-state index in [-0.39, 0.29) is 12.0 Å². The Morgan fingerprint density at radius 2 is 2.15 bits per heavy atom. The molecule has 1 amide bonds. The average molecular weight is 276 g/mol. The van der Waals surface area contributed by atoms with Crippen molar-refractivity contribution in [2.24, 2.45) is 0 Å². The number of carbonyl (C=O) groups is 1. The van der Waals surface area contributed by atoms with Gasteiger partial charge in [0, 0.05) is 32.4 Å². The van der Waals surface area contributed by atoms with Crippen molar-refractivity contribution in [1.82, 2.24) is 5.32 Å². The van der Waals surface area contributed by atoms with Crippen LogP contribution in [0, 0.1) is 0 Å².